The fraction of sp³-hybridized carbons (Fsp3) is 0.625. The molecule has 0 aliphatic carbocycles. The van der Waals surface area contributed by atoms with Crippen molar-refractivity contribution in [3.05, 3.63) is 33.8 Å². The van der Waals surface area contributed by atoms with Crippen LogP contribution in [-0.4, -0.2) is 12.7 Å². The number of rotatable bonds is 4. The zero-order chi connectivity index (χ0) is 15.0. The lowest BCUT2D eigenvalue weighted by molar-refractivity contribution is -0.164. The number of hydrogen-bond donors (Lipinski definition) is 0. The minimum atomic E-state index is -0.782. The molecule has 1 fully saturated rings. The molecule has 1 saturated heterocycles. The van der Waals surface area contributed by atoms with Gasteiger partial charge in [0.15, 0.2) is 5.79 Å². The molecule has 0 saturated carbocycles. The van der Waals surface area contributed by atoms with Crippen LogP contribution >= 0.6 is 23.2 Å². The maximum atomic E-state index is 6.26. The second-order valence-corrected chi connectivity index (χ2v) is 7.19. The summed E-state index contributed by atoms with van der Waals surface area (Å²) in [6, 6.07) is 5.40. The molecule has 0 spiro atoms. The van der Waals surface area contributed by atoms with E-state index in [0.29, 0.717) is 16.7 Å². The summed E-state index contributed by atoms with van der Waals surface area (Å²) in [5.41, 5.74) is 1.09. The molecule has 1 aliphatic heterocycles. The zero-order valence-electron chi connectivity index (χ0n) is 12.5. The minimum absolute atomic E-state index is 0.0988. The van der Waals surface area contributed by atoms with E-state index >= 15 is 0 Å². The summed E-state index contributed by atoms with van der Waals surface area (Å²) in [6.07, 6.45) is 2.19. The molecule has 1 aromatic rings. The van der Waals surface area contributed by atoms with E-state index in [2.05, 4.69) is 20.8 Å². The molecule has 112 valence electrons. The first-order chi connectivity index (χ1) is 9.26. The maximum absolute atomic E-state index is 6.26. The minimum Gasteiger partial charge on any atom is -0.343 e. The number of benzene rings is 1. The van der Waals surface area contributed by atoms with Crippen LogP contribution in [0, 0.1) is 5.41 Å². The van der Waals surface area contributed by atoms with E-state index in [4.69, 9.17) is 32.7 Å². The lowest BCUT2D eigenvalue weighted by atomic mass is 9.84. The Labute approximate surface area is 131 Å². The van der Waals surface area contributed by atoms with E-state index in [-0.39, 0.29) is 11.5 Å². The van der Waals surface area contributed by atoms with E-state index in [9.17, 15) is 0 Å². The molecule has 2 nitrogen and oxygen atoms in total. The van der Waals surface area contributed by atoms with Crippen molar-refractivity contribution in [3.63, 3.8) is 0 Å². The van der Waals surface area contributed by atoms with Crippen LogP contribution < -0.4 is 0 Å². The van der Waals surface area contributed by atoms with Crippen LogP contribution in [0.3, 0.4) is 0 Å². The van der Waals surface area contributed by atoms with Crippen molar-refractivity contribution in [2.24, 2.45) is 5.41 Å². The Hall–Kier alpha value is -0.280. The van der Waals surface area contributed by atoms with Crippen molar-refractivity contribution in [3.8, 4) is 0 Å². The first-order valence-electron chi connectivity index (χ1n) is 7.03. The first-order valence-corrected chi connectivity index (χ1v) is 7.79. The fourth-order valence-corrected chi connectivity index (χ4v) is 3.08. The Bertz CT molecular complexity index is 487. The van der Waals surface area contributed by atoms with Crippen molar-refractivity contribution in [2.45, 2.75) is 52.4 Å². The second kappa shape index (κ2) is 5.84. The van der Waals surface area contributed by atoms with Crippen molar-refractivity contribution < 1.29 is 9.47 Å². The Morgan fingerprint density at radius 1 is 1.35 bits per heavy atom. The van der Waals surface area contributed by atoms with Gasteiger partial charge in [-0.15, -0.1) is 0 Å². The van der Waals surface area contributed by atoms with Crippen LogP contribution in [0.4, 0.5) is 0 Å². The van der Waals surface area contributed by atoms with Gasteiger partial charge < -0.3 is 9.47 Å². The van der Waals surface area contributed by atoms with Crippen LogP contribution in [0.5, 0.6) is 0 Å². The molecule has 0 N–H and O–H groups in total. The molecular formula is C16H22Cl2O2. The Balaban J connectivity index is 2.14. The SMILES string of the molecule is CCC(C)(C)C[C@@H]1CO[C@](C)(c2ccc(Cl)cc2Cl)O1. The standard InChI is InChI=1S/C16H22Cl2O2/c1-5-15(2,3)9-12-10-19-16(4,20-12)13-7-6-11(17)8-14(13)18/h6-8,12H,5,9-10H2,1-4H3/t12-,16+/m1/s1. The van der Waals surface area contributed by atoms with Gasteiger partial charge >= 0.3 is 0 Å². The highest BCUT2D eigenvalue weighted by atomic mass is 35.5. The van der Waals surface area contributed by atoms with Gasteiger partial charge in [-0.1, -0.05) is 56.5 Å². The summed E-state index contributed by atoms with van der Waals surface area (Å²) in [4.78, 5) is 0. The van der Waals surface area contributed by atoms with Gasteiger partial charge in [-0.3, -0.25) is 0 Å². The van der Waals surface area contributed by atoms with Crippen LogP contribution in [0.25, 0.3) is 0 Å². The normalized spacial score (nSPS) is 27.0. The van der Waals surface area contributed by atoms with E-state index < -0.39 is 5.79 Å². The van der Waals surface area contributed by atoms with Gasteiger partial charge in [-0.2, -0.15) is 0 Å². The largest absolute Gasteiger partial charge is 0.343 e. The highest BCUT2D eigenvalue weighted by Crippen LogP contribution is 2.41. The predicted octanol–water partition coefficient (Wildman–Crippen LogP) is 5.41. The number of ether oxygens (including phenoxy) is 2. The monoisotopic (exact) mass is 316 g/mol. The Morgan fingerprint density at radius 2 is 2.05 bits per heavy atom. The first kappa shape index (κ1) is 16.1. The van der Waals surface area contributed by atoms with Gasteiger partial charge in [-0.05, 0) is 30.9 Å². The lowest BCUT2D eigenvalue weighted by Gasteiger charge is -2.28. The highest BCUT2D eigenvalue weighted by Gasteiger charge is 2.41. The van der Waals surface area contributed by atoms with Gasteiger partial charge in [0.25, 0.3) is 0 Å². The number of halogens is 2. The average Bonchev–Trinajstić information content (AvgIpc) is 2.70. The zero-order valence-corrected chi connectivity index (χ0v) is 14.0. The van der Waals surface area contributed by atoms with Crippen molar-refractivity contribution in [1.82, 2.24) is 0 Å². The summed E-state index contributed by atoms with van der Waals surface area (Å²) in [5.74, 6) is -0.782. The van der Waals surface area contributed by atoms with E-state index in [1.54, 1.807) is 6.07 Å². The molecule has 1 aliphatic rings. The summed E-state index contributed by atoms with van der Waals surface area (Å²) in [7, 11) is 0. The molecule has 0 bridgehead atoms. The van der Waals surface area contributed by atoms with Crippen LogP contribution in [0.15, 0.2) is 18.2 Å². The summed E-state index contributed by atoms with van der Waals surface area (Å²) in [5, 5.41) is 1.19. The molecular weight excluding hydrogens is 295 g/mol. The van der Waals surface area contributed by atoms with Crippen molar-refractivity contribution in [1.29, 1.82) is 0 Å². The van der Waals surface area contributed by atoms with Crippen molar-refractivity contribution in [2.75, 3.05) is 6.61 Å². The summed E-state index contributed by atoms with van der Waals surface area (Å²) < 4.78 is 12.0. The molecule has 0 aromatic heterocycles. The number of hydrogen-bond acceptors (Lipinski definition) is 2. The van der Waals surface area contributed by atoms with E-state index in [1.807, 2.05) is 19.1 Å². The molecule has 0 amide bonds. The third kappa shape index (κ3) is 3.48. The predicted molar refractivity (Wildman–Crippen MR) is 83.3 cm³/mol. The smallest absolute Gasteiger partial charge is 0.193 e. The quantitative estimate of drug-likeness (QED) is 0.739. The fourth-order valence-electron chi connectivity index (χ4n) is 2.50. The molecule has 2 atom stereocenters. The van der Waals surface area contributed by atoms with Crippen LogP contribution in [0.1, 0.15) is 46.1 Å². The molecule has 0 radical (unpaired) electrons. The lowest BCUT2D eigenvalue weighted by Crippen LogP contribution is -2.26. The molecule has 4 heteroatoms. The second-order valence-electron chi connectivity index (χ2n) is 6.34. The van der Waals surface area contributed by atoms with Gasteiger partial charge in [-0.25, -0.2) is 0 Å². The third-order valence-corrected chi connectivity index (χ3v) is 4.64. The highest BCUT2D eigenvalue weighted by molar-refractivity contribution is 6.35. The molecule has 0 unspecified atom stereocenters. The van der Waals surface area contributed by atoms with Gasteiger partial charge in [0.1, 0.15) is 0 Å². The molecule has 1 aromatic carbocycles. The molecule has 2 rings (SSSR count). The average molecular weight is 317 g/mol. The van der Waals surface area contributed by atoms with Gasteiger partial charge in [0, 0.05) is 10.6 Å². The summed E-state index contributed by atoms with van der Waals surface area (Å²) in [6.45, 7) is 9.22. The Kier molecular flexibility index (Phi) is 4.70. The van der Waals surface area contributed by atoms with E-state index in [0.717, 1.165) is 18.4 Å². The van der Waals surface area contributed by atoms with Crippen LogP contribution in [0.2, 0.25) is 10.0 Å². The maximum Gasteiger partial charge on any atom is 0.193 e. The molecule has 1 heterocycles. The Morgan fingerprint density at radius 3 is 2.65 bits per heavy atom. The van der Waals surface area contributed by atoms with Gasteiger partial charge in [0.05, 0.1) is 17.7 Å². The van der Waals surface area contributed by atoms with Crippen LogP contribution in [-0.2, 0) is 15.3 Å². The van der Waals surface area contributed by atoms with Gasteiger partial charge in [0.2, 0.25) is 0 Å². The van der Waals surface area contributed by atoms with Crippen molar-refractivity contribution >= 4 is 23.2 Å². The summed E-state index contributed by atoms with van der Waals surface area (Å²) >= 11 is 12.2. The topological polar surface area (TPSA) is 18.5 Å². The molecule has 20 heavy (non-hydrogen) atoms. The van der Waals surface area contributed by atoms with E-state index in [1.165, 1.54) is 0 Å². The third-order valence-electron chi connectivity index (χ3n) is 4.09.